The molecule has 4 heteroatoms. The molecule has 2 aromatic rings. The second kappa shape index (κ2) is 5.49. The lowest BCUT2D eigenvalue weighted by molar-refractivity contribution is 0.851. The van der Waals surface area contributed by atoms with Crippen LogP contribution < -0.4 is 10.2 Å². The quantitative estimate of drug-likeness (QED) is 0.889. The molecule has 0 unspecified atom stereocenters. The fraction of sp³-hybridized carbons (Fsp3) is 0.438. The molecule has 1 N–H and O–H groups in total. The van der Waals surface area contributed by atoms with Crippen LogP contribution in [-0.2, 0) is 0 Å². The standard InChI is InChI=1S/C16H20ClN3/c1-3-20(4-2)16-13-8-5-11(17)9-14(13)15(10-18-16)19-12-6-7-12/h5,8-10,12,19H,3-4,6-7H2,1-2H3. The zero-order valence-corrected chi connectivity index (χ0v) is 12.7. The van der Waals surface area contributed by atoms with Crippen LogP contribution in [0.15, 0.2) is 24.4 Å². The first-order chi connectivity index (χ1) is 9.72. The number of nitrogens with one attached hydrogen (secondary N) is 1. The first kappa shape index (κ1) is 13.5. The van der Waals surface area contributed by atoms with E-state index in [-0.39, 0.29) is 0 Å². The lowest BCUT2D eigenvalue weighted by Crippen LogP contribution is -2.23. The summed E-state index contributed by atoms with van der Waals surface area (Å²) in [4.78, 5) is 6.95. The molecule has 1 heterocycles. The van der Waals surface area contributed by atoms with Crippen molar-refractivity contribution in [3.8, 4) is 0 Å². The van der Waals surface area contributed by atoms with E-state index in [0.29, 0.717) is 6.04 Å². The van der Waals surface area contributed by atoms with E-state index in [0.717, 1.165) is 29.6 Å². The number of aromatic nitrogens is 1. The molecule has 1 fully saturated rings. The highest BCUT2D eigenvalue weighted by Gasteiger charge is 2.22. The fourth-order valence-corrected chi connectivity index (χ4v) is 2.71. The number of hydrogen-bond acceptors (Lipinski definition) is 3. The Morgan fingerprint density at radius 1 is 1.25 bits per heavy atom. The largest absolute Gasteiger partial charge is 0.381 e. The smallest absolute Gasteiger partial charge is 0.136 e. The average Bonchev–Trinajstić information content (AvgIpc) is 3.26. The monoisotopic (exact) mass is 289 g/mol. The molecular formula is C16H20ClN3. The number of anilines is 2. The van der Waals surface area contributed by atoms with Gasteiger partial charge in [-0.05, 0) is 44.9 Å². The summed E-state index contributed by atoms with van der Waals surface area (Å²) in [5.74, 6) is 1.04. The van der Waals surface area contributed by atoms with Gasteiger partial charge in [-0.2, -0.15) is 0 Å². The molecule has 1 aliphatic carbocycles. The van der Waals surface area contributed by atoms with Crippen LogP contribution in [0.25, 0.3) is 10.8 Å². The first-order valence-corrected chi connectivity index (χ1v) is 7.70. The number of pyridine rings is 1. The van der Waals surface area contributed by atoms with Crippen LogP contribution in [-0.4, -0.2) is 24.1 Å². The van der Waals surface area contributed by atoms with Gasteiger partial charge in [0, 0.05) is 34.9 Å². The third-order valence-corrected chi connectivity index (χ3v) is 4.06. The summed E-state index contributed by atoms with van der Waals surface area (Å²) in [7, 11) is 0. The van der Waals surface area contributed by atoms with E-state index in [9.17, 15) is 0 Å². The third kappa shape index (κ3) is 2.55. The van der Waals surface area contributed by atoms with Gasteiger partial charge in [0.2, 0.25) is 0 Å². The molecule has 0 bridgehead atoms. The third-order valence-electron chi connectivity index (χ3n) is 3.83. The molecule has 3 nitrogen and oxygen atoms in total. The van der Waals surface area contributed by atoms with Crippen molar-refractivity contribution in [2.24, 2.45) is 0 Å². The molecule has 106 valence electrons. The highest BCUT2D eigenvalue weighted by atomic mass is 35.5. The van der Waals surface area contributed by atoms with Gasteiger partial charge in [0.05, 0.1) is 11.9 Å². The predicted octanol–water partition coefficient (Wildman–Crippen LogP) is 4.31. The van der Waals surface area contributed by atoms with E-state index < -0.39 is 0 Å². The molecule has 0 aliphatic heterocycles. The summed E-state index contributed by atoms with van der Waals surface area (Å²) in [6, 6.07) is 6.67. The molecule has 3 rings (SSSR count). The highest BCUT2D eigenvalue weighted by molar-refractivity contribution is 6.31. The number of rotatable bonds is 5. The Labute approximate surface area is 124 Å². The van der Waals surface area contributed by atoms with Crippen LogP contribution in [0.2, 0.25) is 5.02 Å². The van der Waals surface area contributed by atoms with E-state index in [4.69, 9.17) is 11.6 Å². The van der Waals surface area contributed by atoms with Crippen molar-refractivity contribution in [1.82, 2.24) is 4.98 Å². The molecule has 1 saturated carbocycles. The minimum Gasteiger partial charge on any atom is -0.381 e. The SMILES string of the molecule is CCN(CC)c1ncc(NC2CC2)c2cc(Cl)ccc12. The fourth-order valence-electron chi connectivity index (χ4n) is 2.54. The van der Waals surface area contributed by atoms with Crippen molar-refractivity contribution in [3.63, 3.8) is 0 Å². The molecule has 1 aliphatic rings. The second-order valence-corrected chi connectivity index (χ2v) is 5.71. The van der Waals surface area contributed by atoms with Crippen molar-refractivity contribution >= 4 is 33.9 Å². The summed E-state index contributed by atoms with van der Waals surface area (Å²) in [5, 5.41) is 6.66. The summed E-state index contributed by atoms with van der Waals surface area (Å²) in [6.45, 7) is 6.22. The van der Waals surface area contributed by atoms with Gasteiger partial charge in [-0.25, -0.2) is 4.98 Å². The first-order valence-electron chi connectivity index (χ1n) is 7.32. The van der Waals surface area contributed by atoms with E-state index in [1.54, 1.807) is 0 Å². The Hall–Kier alpha value is -1.48. The molecule has 0 spiro atoms. The molecular weight excluding hydrogens is 270 g/mol. The van der Waals surface area contributed by atoms with Crippen molar-refractivity contribution in [2.75, 3.05) is 23.3 Å². The van der Waals surface area contributed by atoms with Gasteiger partial charge in [0.25, 0.3) is 0 Å². The van der Waals surface area contributed by atoms with E-state index in [2.05, 4.69) is 35.1 Å². The molecule has 0 radical (unpaired) electrons. The Balaban J connectivity index is 2.13. The molecule has 1 aromatic heterocycles. The molecule has 20 heavy (non-hydrogen) atoms. The van der Waals surface area contributed by atoms with Crippen molar-refractivity contribution in [2.45, 2.75) is 32.7 Å². The summed E-state index contributed by atoms with van der Waals surface area (Å²) < 4.78 is 0. The van der Waals surface area contributed by atoms with Gasteiger partial charge >= 0.3 is 0 Å². The van der Waals surface area contributed by atoms with Crippen molar-refractivity contribution in [1.29, 1.82) is 0 Å². The maximum absolute atomic E-state index is 6.18. The molecule has 0 atom stereocenters. The Morgan fingerprint density at radius 2 is 2.00 bits per heavy atom. The normalized spacial score (nSPS) is 14.6. The number of halogens is 1. The number of nitrogens with zero attached hydrogens (tertiary/aromatic N) is 2. The van der Waals surface area contributed by atoms with Crippen LogP contribution >= 0.6 is 11.6 Å². The summed E-state index contributed by atoms with van der Waals surface area (Å²) in [5.41, 5.74) is 1.10. The van der Waals surface area contributed by atoms with Gasteiger partial charge in [-0.1, -0.05) is 11.6 Å². The topological polar surface area (TPSA) is 28.2 Å². The average molecular weight is 290 g/mol. The van der Waals surface area contributed by atoms with Crippen LogP contribution in [0.3, 0.4) is 0 Å². The minimum absolute atomic E-state index is 0.610. The molecule has 0 saturated heterocycles. The van der Waals surface area contributed by atoms with Gasteiger partial charge in [0.1, 0.15) is 5.82 Å². The molecule has 1 aromatic carbocycles. The van der Waals surface area contributed by atoms with Crippen LogP contribution in [0, 0.1) is 0 Å². The van der Waals surface area contributed by atoms with Crippen molar-refractivity contribution < 1.29 is 0 Å². The maximum Gasteiger partial charge on any atom is 0.136 e. The van der Waals surface area contributed by atoms with E-state index in [1.165, 1.54) is 23.6 Å². The van der Waals surface area contributed by atoms with E-state index in [1.807, 2.05) is 18.3 Å². The van der Waals surface area contributed by atoms with Crippen molar-refractivity contribution in [3.05, 3.63) is 29.4 Å². The van der Waals surface area contributed by atoms with Crippen LogP contribution in [0.1, 0.15) is 26.7 Å². The Morgan fingerprint density at radius 3 is 2.65 bits per heavy atom. The highest BCUT2D eigenvalue weighted by Crippen LogP contribution is 2.34. The maximum atomic E-state index is 6.18. The van der Waals surface area contributed by atoms with Gasteiger partial charge in [-0.3, -0.25) is 0 Å². The lowest BCUT2D eigenvalue weighted by Gasteiger charge is -2.22. The molecule has 0 amide bonds. The van der Waals surface area contributed by atoms with E-state index >= 15 is 0 Å². The Bertz CT molecular complexity index is 618. The zero-order chi connectivity index (χ0) is 14.1. The predicted molar refractivity (Wildman–Crippen MR) is 87.0 cm³/mol. The van der Waals surface area contributed by atoms with Crippen LogP contribution in [0.5, 0.6) is 0 Å². The Kier molecular flexibility index (Phi) is 3.70. The zero-order valence-electron chi connectivity index (χ0n) is 12.0. The van der Waals surface area contributed by atoms with Gasteiger partial charge < -0.3 is 10.2 Å². The summed E-state index contributed by atoms with van der Waals surface area (Å²) >= 11 is 6.18. The second-order valence-electron chi connectivity index (χ2n) is 5.28. The number of hydrogen-bond donors (Lipinski definition) is 1. The van der Waals surface area contributed by atoms with Gasteiger partial charge in [-0.15, -0.1) is 0 Å². The number of benzene rings is 1. The van der Waals surface area contributed by atoms with Crippen LogP contribution in [0.4, 0.5) is 11.5 Å². The lowest BCUT2D eigenvalue weighted by atomic mass is 10.1. The minimum atomic E-state index is 0.610. The summed E-state index contributed by atoms with van der Waals surface area (Å²) in [6.07, 6.45) is 4.45. The van der Waals surface area contributed by atoms with Gasteiger partial charge in [0.15, 0.2) is 0 Å². The number of fused-ring (bicyclic) bond motifs is 1.